The SMILES string of the molecule is CCOc1ccc(NC(=O)CS(=O)(=O)C(CC)C(=O)Nc2cc(C)cc(C)c2)cc1. The molecule has 0 heterocycles. The summed E-state index contributed by atoms with van der Waals surface area (Å²) < 4.78 is 30.8. The summed E-state index contributed by atoms with van der Waals surface area (Å²) in [6.07, 6.45) is 0.0648. The Bertz CT molecular complexity index is 980. The van der Waals surface area contributed by atoms with Crippen LogP contribution in [0.4, 0.5) is 11.4 Å². The maximum Gasteiger partial charge on any atom is 0.242 e. The average Bonchev–Trinajstić information content (AvgIpc) is 2.62. The van der Waals surface area contributed by atoms with Gasteiger partial charge in [0.25, 0.3) is 0 Å². The molecule has 0 aliphatic carbocycles. The lowest BCUT2D eigenvalue weighted by Crippen LogP contribution is -2.39. The Labute approximate surface area is 177 Å². The fourth-order valence-electron chi connectivity index (χ4n) is 3.15. The number of hydrogen-bond acceptors (Lipinski definition) is 5. The van der Waals surface area contributed by atoms with Crippen molar-refractivity contribution in [2.45, 2.75) is 39.4 Å². The quantitative estimate of drug-likeness (QED) is 0.632. The summed E-state index contributed by atoms with van der Waals surface area (Å²) in [7, 11) is -4.00. The van der Waals surface area contributed by atoms with Gasteiger partial charge in [0.05, 0.1) is 6.61 Å². The third kappa shape index (κ3) is 6.59. The zero-order valence-electron chi connectivity index (χ0n) is 17.7. The lowest BCUT2D eigenvalue weighted by molar-refractivity contribution is -0.115. The Morgan fingerprint density at radius 3 is 2.07 bits per heavy atom. The Balaban J connectivity index is 2.05. The molecule has 0 aliphatic rings. The van der Waals surface area contributed by atoms with E-state index < -0.39 is 32.7 Å². The highest BCUT2D eigenvalue weighted by Crippen LogP contribution is 2.18. The van der Waals surface area contributed by atoms with Gasteiger partial charge in [-0.25, -0.2) is 8.42 Å². The number of anilines is 2. The Morgan fingerprint density at radius 1 is 0.933 bits per heavy atom. The van der Waals surface area contributed by atoms with Gasteiger partial charge in [0.2, 0.25) is 11.8 Å². The molecule has 2 N–H and O–H groups in total. The molecule has 0 aliphatic heterocycles. The Hall–Kier alpha value is -2.87. The summed E-state index contributed by atoms with van der Waals surface area (Å²) in [4.78, 5) is 24.9. The van der Waals surface area contributed by atoms with Crippen LogP contribution in [0.2, 0.25) is 0 Å². The first-order chi connectivity index (χ1) is 14.1. The lowest BCUT2D eigenvalue weighted by atomic mass is 10.1. The van der Waals surface area contributed by atoms with Gasteiger partial charge in [-0.1, -0.05) is 13.0 Å². The number of ether oxygens (including phenoxy) is 1. The van der Waals surface area contributed by atoms with E-state index in [1.807, 2.05) is 26.8 Å². The molecule has 7 nitrogen and oxygen atoms in total. The molecule has 2 amide bonds. The van der Waals surface area contributed by atoms with Gasteiger partial charge in [0, 0.05) is 11.4 Å². The highest BCUT2D eigenvalue weighted by atomic mass is 32.2. The van der Waals surface area contributed by atoms with Crippen molar-refractivity contribution in [3.05, 3.63) is 53.6 Å². The van der Waals surface area contributed by atoms with Crippen molar-refractivity contribution in [2.75, 3.05) is 23.0 Å². The number of hydrogen-bond donors (Lipinski definition) is 2. The molecule has 30 heavy (non-hydrogen) atoms. The number of benzene rings is 2. The topological polar surface area (TPSA) is 102 Å². The smallest absolute Gasteiger partial charge is 0.242 e. The fraction of sp³-hybridized carbons (Fsp3) is 0.364. The highest BCUT2D eigenvalue weighted by Gasteiger charge is 2.33. The molecule has 0 fully saturated rings. The minimum atomic E-state index is -4.00. The molecule has 0 radical (unpaired) electrons. The van der Waals surface area contributed by atoms with Gasteiger partial charge in [0.1, 0.15) is 16.8 Å². The molecule has 2 aromatic rings. The maximum absolute atomic E-state index is 12.7. The molecule has 0 saturated carbocycles. The van der Waals surface area contributed by atoms with Crippen LogP contribution < -0.4 is 15.4 Å². The van der Waals surface area contributed by atoms with E-state index in [0.29, 0.717) is 23.7 Å². The maximum atomic E-state index is 12.7. The van der Waals surface area contributed by atoms with Gasteiger partial charge in [0.15, 0.2) is 9.84 Å². The summed E-state index contributed by atoms with van der Waals surface area (Å²) in [6, 6.07) is 12.1. The first kappa shape index (κ1) is 23.4. The van der Waals surface area contributed by atoms with Gasteiger partial charge in [-0.05, 0) is 74.7 Å². The van der Waals surface area contributed by atoms with Crippen LogP contribution in [0.3, 0.4) is 0 Å². The number of amides is 2. The molecule has 0 aromatic heterocycles. The van der Waals surface area contributed by atoms with Crippen molar-refractivity contribution < 1.29 is 22.7 Å². The molecule has 2 aromatic carbocycles. The van der Waals surface area contributed by atoms with Crippen molar-refractivity contribution in [3.8, 4) is 5.75 Å². The van der Waals surface area contributed by atoms with E-state index in [1.165, 1.54) is 0 Å². The Kier molecular flexibility index (Phi) is 8.00. The molecule has 1 unspecified atom stereocenters. The van der Waals surface area contributed by atoms with Crippen LogP contribution >= 0.6 is 0 Å². The first-order valence-corrected chi connectivity index (χ1v) is 11.5. The van der Waals surface area contributed by atoms with Crippen molar-refractivity contribution in [2.24, 2.45) is 0 Å². The van der Waals surface area contributed by atoms with E-state index in [4.69, 9.17) is 4.74 Å². The predicted octanol–water partition coefficient (Wildman–Crippen LogP) is 3.47. The number of nitrogens with one attached hydrogen (secondary N) is 2. The molecule has 0 spiro atoms. The molecule has 162 valence electrons. The van der Waals surface area contributed by atoms with E-state index in [2.05, 4.69) is 10.6 Å². The van der Waals surface area contributed by atoms with E-state index in [-0.39, 0.29) is 6.42 Å². The molecule has 2 rings (SSSR count). The van der Waals surface area contributed by atoms with Gasteiger partial charge in [-0.2, -0.15) is 0 Å². The Morgan fingerprint density at radius 2 is 1.53 bits per heavy atom. The van der Waals surface area contributed by atoms with Crippen molar-refractivity contribution in [1.82, 2.24) is 0 Å². The fourth-order valence-corrected chi connectivity index (χ4v) is 4.69. The second-order valence-electron chi connectivity index (χ2n) is 7.08. The monoisotopic (exact) mass is 432 g/mol. The van der Waals surface area contributed by atoms with Gasteiger partial charge in [-0.15, -0.1) is 0 Å². The number of carbonyl (C=O) groups is 2. The van der Waals surface area contributed by atoms with Gasteiger partial charge in [-0.3, -0.25) is 9.59 Å². The van der Waals surface area contributed by atoms with Crippen molar-refractivity contribution >= 4 is 33.0 Å². The summed E-state index contributed by atoms with van der Waals surface area (Å²) in [6.45, 7) is 7.77. The van der Waals surface area contributed by atoms with Crippen LogP contribution in [0.5, 0.6) is 5.75 Å². The van der Waals surface area contributed by atoms with Crippen molar-refractivity contribution in [3.63, 3.8) is 0 Å². The number of rotatable bonds is 9. The third-order valence-electron chi connectivity index (χ3n) is 4.37. The molecule has 1 atom stereocenters. The second kappa shape index (κ2) is 10.2. The summed E-state index contributed by atoms with van der Waals surface area (Å²) >= 11 is 0. The summed E-state index contributed by atoms with van der Waals surface area (Å²) in [5.74, 6) is -1.47. The molecular formula is C22H28N2O5S. The molecule has 0 saturated heterocycles. The minimum absolute atomic E-state index is 0.0648. The van der Waals surface area contributed by atoms with Crippen molar-refractivity contribution in [1.29, 1.82) is 0 Å². The standard InChI is InChI=1S/C22H28N2O5S/c1-5-20(22(26)24-18-12-15(3)11-16(4)13-18)30(27,28)14-21(25)23-17-7-9-19(10-8-17)29-6-2/h7-13,20H,5-6,14H2,1-4H3,(H,23,25)(H,24,26). The van der Waals surface area contributed by atoms with Crippen LogP contribution in [-0.4, -0.2) is 37.8 Å². The number of sulfone groups is 1. The van der Waals surface area contributed by atoms with Crippen LogP contribution in [0.25, 0.3) is 0 Å². The number of carbonyl (C=O) groups excluding carboxylic acids is 2. The van der Waals surface area contributed by atoms with Gasteiger partial charge < -0.3 is 15.4 Å². The van der Waals surface area contributed by atoms with Gasteiger partial charge >= 0.3 is 0 Å². The molecular weight excluding hydrogens is 404 g/mol. The van der Waals surface area contributed by atoms with Crippen LogP contribution in [0.1, 0.15) is 31.4 Å². The number of aryl methyl sites for hydroxylation is 2. The predicted molar refractivity (Wildman–Crippen MR) is 119 cm³/mol. The largest absolute Gasteiger partial charge is 0.494 e. The zero-order chi connectivity index (χ0) is 22.3. The summed E-state index contributed by atoms with van der Waals surface area (Å²) in [5.41, 5.74) is 2.89. The average molecular weight is 433 g/mol. The van der Waals surface area contributed by atoms with Crippen LogP contribution in [0, 0.1) is 13.8 Å². The summed E-state index contributed by atoms with van der Waals surface area (Å²) in [5, 5.41) is 3.89. The lowest BCUT2D eigenvalue weighted by Gasteiger charge is -2.16. The normalized spacial score (nSPS) is 12.1. The van der Waals surface area contributed by atoms with Crippen LogP contribution in [0.15, 0.2) is 42.5 Å². The third-order valence-corrected chi connectivity index (χ3v) is 6.45. The first-order valence-electron chi connectivity index (χ1n) is 9.78. The highest BCUT2D eigenvalue weighted by molar-refractivity contribution is 7.93. The minimum Gasteiger partial charge on any atom is -0.494 e. The van der Waals surface area contributed by atoms with E-state index in [9.17, 15) is 18.0 Å². The van der Waals surface area contributed by atoms with E-state index in [1.54, 1.807) is 43.3 Å². The second-order valence-corrected chi connectivity index (χ2v) is 9.26. The van der Waals surface area contributed by atoms with E-state index >= 15 is 0 Å². The molecule has 8 heteroatoms. The molecule has 0 bridgehead atoms. The zero-order valence-corrected chi connectivity index (χ0v) is 18.5. The van der Waals surface area contributed by atoms with Crippen LogP contribution in [-0.2, 0) is 19.4 Å². The van der Waals surface area contributed by atoms with E-state index in [0.717, 1.165) is 11.1 Å².